The molecule has 1 amide bonds. The summed E-state index contributed by atoms with van der Waals surface area (Å²) in [6.45, 7) is 4.26. The lowest BCUT2D eigenvalue weighted by Gasteiger charge is -2.13. The molecule has 3 atom stereocenters. The standard InChI is InChI=1S/C22H33N3O5S/c1-3-16-15-17(16)21(26)25-31(28,29)20-13-9-8-12-19(20)24-14-10-6-4-5-7-11-18(23)22(27)30-2/h3,8-9,12-13,16-18,24H,1,4-7,10-11,14-15,23H2,2H3,(H,25,26)/t16-,17+,18+/m1/s1. The average molecular weight is 452 g/mol. The number of nitrogens with one attached hydrogen (secondary N) is 2. The quantitative estimate of drug-likeness (QED) is 0.225. The van der Waals surface area contributed by atoms with Crippen molar-refractivity contribution in [1.82, 2.24) is 4.72 Å². The fraction of sp³-hybridized carbons (Fsp3) is 0.545. The number of esters is 1. The molecule has 0 heterocycles. The molecule has 172 valence electrons. The van der Waals surface area contributed by atoms with E-state index in [1.807, 2.05) is 0 Å². The molecule has 0 aromatic heterocycles. The van der Waals surface area contributed by atoms with Crippen molar-refractivity contribution < 1.29 is 22.7 Å². The second kappa shape index (κ2) is 11.9. The third-order valence-corrected chi connectivity index (χ3v) is 6.81. The minimum atomic E-state index is -3.94. The minimum Gasteiger partial charge on any atom is -0.468 e. The SMILES string of the molecule is C=C[C@@H]1C[C@@H]1C(=O)NS(=O)(=O)c1ccccc1NCCCCCCC[C@H](N)C(=O)OC. The zero-order chi connectivity index (χ0) is 22.9. The van der Waals surface area contributed by atoms with E-state index in [1.165, 1.54) is 13.2 Å². The lowest BCUT2D eigenvalue weighted by Crippen LogP contribution is -2.32. The Labute approximate surface area is 184 Å². The first-order valence-corrected chi connectivity index (χ1v) is 12.1. The highest BCUT2D eigenvalue weighted by atomic mass is 32.2. The molecule has 8 nitrogen and oxygen atoms in total. The van der Waals surface area contributed by atoms with E-state index in [1.54, 1.807) is 24.3 Å². The number of rotatable bonds is 14. The molecular formula is C22H33N3O5S. The lowest BCUT2D eigenvalue weighted by atomic mass is 10.1. The number of allylic oxidation sites excluding steroid dienone is 1. The number of sulfonamides is 1. The maximum atomic E-state index is 12.7. The molecule has 1 aromatic rings. The maximum absolute atomic E-state index is 12.7. The van der Waals surface area contributed by atoms with E-state index < -0.39 is 22.0 Å². The molecule has 0 spiro atoms. The van der Waals surface area contributed by atoms with Crippen LogP contribution in [-0.2, 0) is 24.3 Å². The molecule has 1 aromatic carbocycles. The van der Waals surface area contributed by atoms with E-state index >= 15 is 0 Å². The fourth-order valence-electron chi connectivity index (χ4n) is 3.40. The number of methoxy groups -OCH3 is 1. The van der Waals surface area contributed by atoms with Crippen molar-refractivity contribution >= 4 is 27.6 Å². The van der Waals surface area contributed by atoms with E-state index in [4.69, 9.17) is 5.73 Å². The fourth-order valence-corrected chi connectivity index (χ4v) is 4.61. The van der Waals surface area contributed by atoms with Gasteiger partial charge in [0.05, 0.1) is 12.8 Å². The van der Waals surface area contributed by atoms with E-state index in [0.29, 0.717) is 25.1 Å². The summed E-state index contributed by atoms with van der Waals surface area (Å²) in [6.07, 6.45) is 7.59. The van der Waals surface area contributed by atoms with Crippen molar-refractivity contribution in [3.8, 4) is 0 Å². The van der Waals surface area contributed by atoms with Gasteiger partial charge in [0.1, 0.15) is 10.9 Å². The smallest absolute Gasteiger partial charge is 0.322 e. The van der Waals surface area contributed by atoms with Crippen LogP contribution >= 0.6 is 0 Å². The Kier molecular flexibility index (Phi) is 9.51. The Balaban J connectivity index is 1.74. The topological polar surface area (TPSA) is 128 Å². The molecule has 0 aliphatic heterocycles. The number of para-hydroxylation sites is 1. The molecule has 0 saturated heterocycles. The molecule has 31 heavy (non-hydrogen) atoms. The molecule has 4 N–H and O–H groups in total. The Morgan fingerprint density at radius 2 is 1.90 bits per heavy atom. The number of amides is 1. The van der Waals surface area contributed by atoms with Crippen LogP contribution in [0, 0.1) is 11.8 Å². The molecule has 1 saturated carbocycles. The van der Waals surface area contributed by atoms with Crippen LogP contribution in [0.25, 0.3) is 0 Å². The van der Waals surface area contributed by atoms with Gasteiger partial charge in [-0.15, -0.1) is 6.58 Å². The third kappa shape index (κ3) is 7.66. The van der Waals surface area contributed by atoms with Crippen molar-refractivity contribution in [3.63, 3.8) is 0 Å². The predicted molar refractivity (Wildman–Crippen MR) is 120 cm³/mol. The summed E-state index contributed by atoms with van der Waals surface area (Å²) in [5.74, 6) is -1.12. The van der Waals surface area contributed by atoms with E-state index in [2.05, 4.69) is 21.4 Å². The van der Waals surface area contributed by atoms with Crippen LogP contribution in [0.2, 0.25) is 0 Å². The number of ether oxygens (including phenoxy) is 1. The Morgan fingerprint density at radius 1 is 1.23 bits per heavy atom. The molecule has 0 unspecified atom stereocenters. The van der Waals surface area contributed by atoms with Crippen LogP contribution in [-0.4, -0.2) is 40.0 Å². The van der Waals surface area contributed by atoms with Crippen molar-refractivity contribution in [3.05, 3.63) is 36.9 Å². The number of anilines is 1. The molecule has 2 rings (SSSR count). The normalized spacial score (nSPS) is 18.6. The second-order valence-corrected chi connectivity index (χ2v) is 9.47. The van der Waals surface area contributed by atoms with Crippen molar-refractivity contribution in [2.24, 2.45) is 17.6 Å². The molecule has 1 aliphatic carbocycles. The number of carbonyl (C=O) groups is 2. The monoisotopic (exact) mass is 451 g/mol. The van der Waals surface area contributed by atoms with Gasteiger partial charge < -0.3 is 15.8 Å². The summed E-state index contributed by atoms with van der Waals surface area (Å²) in [4.78, 5) is 23.5. The van der Waals surface area contributed by atoms with Crippen LogP contribution in [0.4, 0.5) is 5.69 Å². The number of carbonyl (C=O) groups excluding carboxylic acids is 2. The third-order valence-electron chi connectivity index (χ3n) is 5.40. The van der Waals surface area contributed by atoms with Gasteiger partial charge in [0.25, 0.3) is 10.0 Å². The Bertz CT molecular complexity index is 872. The highest BCUT2D eigenvalue weighted by molar-refractivity contribution is 7.90. The minimum absolute atomic E-state index is 0.0553. The average Bonchev–Trinajstić information content (AvgIpc) is 3.55. The number of hydrogen-bond acceptors (Lipinski definition) is 7. The molecule has 0 bridgehead atoms. The van der Waals surface area contributed by atoms with Crippen LogP contribution in [0.1, 0.15) is 44.9 Å². The first-order valence-electron chi connectivity index (χ1n) is 10.7. The largest absolute Gasteiger partial charge is 0.468 e. The van der Waals surface area contributed by atoms with Crippen LogP contribution < -0.4 is 15.8 Å². The molecule has 1 aliphatic rings. The van der Waals surface area contributed by atoms with Crippen LogP contribution in [0.5, 0.6) is 0 Å². The van der Waals surface area contributed by atoms with Crippen molar-refractivity contribution in [2.45, 2.75) is 55.9 Å². The molecule has 9 heteroatoms. The Morgan fingerprint density at radius 3 is 2.58 bits per heavy atom. The summed E-state index contributed by atoms with van der Waals surface area (Å²) in [6, 6.07) is 6.00. The number of benzene rings is 1. The van der Waals surface area contributed by atoms with Gasteiger partial charge >= 0.3 is 5.97 Å². The summed E-state index contributed by atoms with van der Waals surface area (Å²) >= 11 is 0. The molecule has 0 radical (unpaired) electrons. The highest BCUT2D eigenvalue weighted by Crippen LogP contribution is 2.39. The second-order valence-electron chi connectivity index (χ2n) is 7.82. The van der Waals surface area contributed by atoms with E-state index in [0.717, 1.165) is 32.1 Å². The van der Waals surface area contributed by atoms with Gasteiger partial charge in [0.15, 0.2) is 0 Å². The van der Waals surface area contributed by atoms with Gasteiger partial charge in [-0.25, -0.2) is 13.1 Å². The number of unbranched alkanes of at least 4 members (excludes halogenated alkanes) is 4. The maximum Gasteiger partial charge on any atom is 0.322 e. The summed E-state index contributed by atoms with van der Waals surface area (Å²) in [5, 5.41) is 3.16. The zero-order valence-electron chi connectivity index (χ0n) is 18.0. The highest BCUT2D eigenvalue weighted by Gasteiger charge is 2.42. The summed E-state index contributed by atoms with van der Waals surface area (Å²) < 4.78 is 32.2. The van der Waals surface area contributed by atoms with Crippen LogP contribution in [0.3, 0.4) is 0 Å². The first-order chi connectivity index (χ1) is 14.8. The van der Waals surface area contributed by atoms with Gasteiger partial charge in [0.2, 0.25) is 5.91 Å². The van der Waals surface area contributed by atoms with Gasteiger partial charge in [0, 0.05) is 12.5 Å². The van der Waals surface area contributed by atoms with Gasteiger partial charge in [-0.3, -0.25) is 9.59 Å². The zero-order valence-corrected chi connectivity index (χ0v) is 18.8. The Hall–Kier alpha value is -2.39. The summed E-state index contributed by atoms with van der Waals surface area (Å²) in [7, 11) is -2.61. The van der Waals surface area contributed by atoms with Crippen molar-refractivity contribution in [2.75, 3.05) is 19.0 Å². The predicted octanol–water partition coefficient (Wildman–Crippen LogP) is 2.57. The lowest BCUT2D eigenvalue weighted by molar-refractivity contribution is -0.142. The summed E-state index contributed by atoms with van der Waals surface area (Å²) in [5.41, 5.74) is 6.18. The van der Waals surface area contributed by atoms with E-state index in [9.17, 15) is 18.0 Å². The van der Waals surface area contributed by atoms with Crippen LogP contribution in [0.15, 0.2) is 41.8 Å². The van der Waals surface area contributed by atoms with E-state index in [-0.39, 0.29) is 22.7 Å². The molecular weight excluding hydrogens is 418 g/mol. The van der Waals surface area contributed by atoms with Gasteiger partial charge in [-0.1, -0.05) is 43.9 Å². The van der Waals surface area contributed by atoms with Gasteiger partial charge in [-0.2, -0.15) is 0 Å². The first kappa shape index (κ1) is 24.9. The molecule has 1 fully saturated rings. The van der Waals surface area contributed by atoms with Gasteiger partial charge in [-0.05, 0) is 37.3 Å². The number of hydrogen-bond donors (Lipinski definition) is 3. The number of nitrogens with two attached hydrogens (primary N) is 1. The van der Waals surface area contributed by atoms with Crippen molar-refractivity contribution in [1.29, 1.82) is 0 Å².